The Kier molecular flexibility index (Phi) is 8.32. The lowest BCUT2D eigenvalue weighted by Gasteiger charge is -2.25. The minimum absolute atomic E-state index is 0.0796. The summed E-state index contributed by atoms with van der Waals surface area (Å²) in [5.41, 5.74) is 2.96. The molecule has 1 aliphatic heterocycles. The standard InChI is InChI=1S/C24H30N4O3/c1-3-19-7-4-5-10-22(19)26-24(25-11-12-28-13-15-31-16-14-28)27-23(30)21-9-6-8-20(17-21)18(2)29/h4-10,17H,3,11-16H2,1-2H3,(H2,25,26,27,30). The summed E-state index contributed by atoms with van der Waals surface area (Å²) in [5, 5.41) is 6.16. The van der Waals surface area contributed by atoms with Crippen LogP contribution in [-0.2, 0) is 11.2 Å². The molecule has 2 N–H and O–H groups in total. The van der Waals surface area contributed by atoms with Gasteiger partial charge in [-0.1, -0.05) is 37.3 Å². The second-order valence-corrected chi connectivity index (χ2v) is 7.41. The van der Waals surface area contributed by atoms with Crippen LogP contribution in [0, 0.1) is 0 Å². The number of guanidine groups is 1. The first-order chi connectivity index (χ1) is 15.1. The van der Waals surface area contributed by atoms with E-state index in [-0.39, 0.29) is 11.7 Å². The van der Waals surface area contributed by atoms with Crippen LogP contribution >= 0.6 is 0 Å². The molecule has 0 aliphatic carbocycles. The molecule has 2 aromatic rings. The van der Waals surface area contributed by atoms with Crippen molar-refractivity contribution >= 4 is 23.3 Å². The Balaban J connectivity index is 1.75. The Morgan fingerprint density at radius 2 is 1.81 bits per heavy atom. The zero-order valence-corrected chi connectivity index (χ0v) is 18.2. The average Bonchev–Trinajstić information content (AvgIpc) is 2.80. The van der Waals surface area contributed by atoms with Crippen LogP contribution in [0.3, 0.4) is 0 Å². The van der Waals surface area contributed by atoms with Crippen molar-refractivity contribution in [3.8, 4) is 0 Å². The van der Waals surface area contributed by atoms with Crippen LogP contribution in [0.4, 0.5) is 5.69 Å². The predicted octanol–water partition coefficient (Wildman–Crippen LogP) is 2.98. The van der Waals surface area contributed by atoms with Gasteiger partial charge in [0.1, 0.15) is 0 Å². The van der Waals surface area contributed by atoms with Crippen LogP contribution in [-0.4, -0.2) is 61.9 Å². The number of carbonyl (C=O) groups is 2. The number of carbonyl (C=O) groups excluding carboxylic acids is 2. The molecule has 0 radical (unpaired) electrons. The van der Waals surface area contributed by atoms with E-state index in [1.54, 1.807) is 24.3 Å². The third-order valence-electron chi connectivity index (χ3n) is 5.20. The van der Waals surface area contributed by atoms with Crippen LogP contribution < -0.4 is 10.6 Å². The zero-order chi connectivity index (χ0) is 22.1. The maximum absolute atomic E-state index is 12.9. The molecular weight excluding hydrogens is 392 g/mol. The fourth-order valence-electron chi connectivity index (χ4n) is 3.38. The number of hydrogen-bond acceptors (Lipinski definition) is 5. The number of morpholine rings is 1. The third kappa shape index (κ3) is 6.73. The van der Waals surface area contributed by atoms with Gasteiger partial charge in [-0.25, -0.2) is 0 Å². The fourth-order valence-corrected chi connectivity index (χ4v) is 3.38. The van der Waals surface area contributed by atoms with Gasteiger partial charge in [0.25, 0.3) is 5.91 Å². The highest BCUT2D eigenvalue weighted by atomic mass is 16.5. The highest BCUT2D eigenvalue weighted by molar-refractivity contribution is 6.10. The Hall–Kier alpha value is -3.03. The summed E-state index contributed by atoms with van der Waals surface area (Å²) in [4.78, 5) is 31.5. The number of benzene rings is 2. The lowest BCUT2D eigenvalue weighted by molar-refractivity contribution is 0.0394. The molecule has 0 unspecified atom stereocenters. The number of Topliss-reactive ketones (excluding diaryl/α,β-unsaturated/α-hetero) is 1. The van der Waals surface area contributed by atoms with Gasteiger partial charge in [-0.05, 0) is 37.1 Å². The van der Waals surface area contributed by atoms with Crippen LogP contribution in [0.5, 0.6) is 0 Å². The highest BCUT2D eigenvalue weighted by Crippen LogP contribution is 2.15. The summed E-state index contributed by atoms with van der Waals surface area (Å²) in [5.74, 6) is 0.00568. The van der Waals surface area contributed by atoms with Crippen molar-refractivity contribution in [3.05, 3.63) is 65.2 Å². The third-order valence-corrected chi connectivity index (χ3v) is 5.20. The van der Waals surface area contributed by atoms with Crippen molar-refractivity contribution in [3.63, 3.8) is 0 Å². The molecule has 164 valence electrons. The van der Waals surface area contributed by atoms with E-state index in [9.17, 15) is 9.59 Å². The molecule has 31 heavy (non-hydrogen) atoms. The molecule has 7 heteroatoms. The van der Waals surface area contributed by atoms with Gasteiger partial charge < -0.3 is 10.1 Å². The lowest BCUT2D eigenvalue weighted by Crippen LogP contribution is -2.39. The number of hydrogen-bond donors (Lipinski definition) is 2. The van der Waals surface area contributed by atoms with Crippen molar-refractivity contribution in [2.75, 3.05) is 44.7 Å². The van der Waals surface area contributed by atoms with Gasteiger partial charge in [0.05, 0.1) is 19.8 Å². The monoisotopic (exact) mass is 422 g/mol. The van der Waals surface area contributed by atoms with Crippen molar-refractivity contribution in [2.45, 2.75) is 20.3 Å². The number of ether oxygens (including phenoxy) is 1. The van der Waals surface area contributed by atoms with Gasteiger partial charge in [-0.3, -0.25) is 24.8 Å². The first kappa shape index (κ1) is 22.7. The van der Waals surface area contributed by atoms with E-state index >= 15 is 0 Å². The Morgan fingerprint density at radius 1 is 1.06 bits per heavy atom. The summed E-state index contributed by atoms with van der Waals surface area (Å²) in [6, 6.07) is 14.7. The van der Waals surface area contributed by atoms with Gasteiger partial charge in [0, 0.05) is 36.4 Å². The average molecular weight is 423 g/mol. The molecular formula is C24H30N4O3. The Labute approximate surface area is 183 Å². The summed E-state index contributed by atoms with van der Waals surface area (Å²) >= 11 is 0. The van der Waals surface area contributed by atoms with Gasteiger partial charge in [-0.2, -0.15) is 0 Å². The second kappa shape index (κ2) is 11.4. The van der Waals surface area contributed by atoms with Crippen LogP contribution in [0.2, 0.25) is 0 Å². The molecule has 0 aromatic heterocycles. The minimum atomic E-state index is -0.310. The predicted molar refractivity (Wildman–Crippen MR) is 123 cm³/mol. The number of rotatable bonds is 7. The number of amides is 1. The smallest absolute Gasteiger partial charge is 0.257 e. The van der Waals surface area contributed by atoms with Gasteiger partial charge in [0.15, 0.2) is 5.78 Å². The van der Waals surface area contributed by atoms with Crippen molar-refractivity contribution in [1.82, 2.24) is 10.2 Å². The quantitative estimate of drug-likeness (QED) is 0.407. The molecule has 0 bridgehead atoms. The fraction of sp³-hybridized carbons (Fsp3) is 0.375. The molecule has 1 saturated heterocycles. The number of ketones is 1. The number of anilines is 1. The first-order valence-corrected chi connectivity index (χ1v) is 10.7. The Bertz CT molecular complexity index is 936. The van der Waals surface area contributed by atoms with Gasteiger partial charge >= 0.3 is 0 Å². The number of para-hydroxylation sites is 1. The maximum atomic E-state index is 12.9. The summed E-state index contributed by atoms with van der Waals surface area (Å²) in [6.45, 7) is 8.16. The number of aliphatic imine (C=N–C) groups is 1. The summed E-state index contributed by atoms with van der Waals surface area (Å²) in [7, 11) is 0. The number of aryl methyl sites for hydroxylation is 1. The number of nitrogens with zero attached hydrogens (tertiary/aromatic N) is 2. The molecule has 2 aromatic carbocycles. The normalized spacial score (nSPS) is 14.8. The minimum Gasteiger partial charge on any atom is -0.379 e. The molecule has 1 amide bonds. The summed E-state index contributed by atoms with van der Waals surface area (Å²) < 4.78 is 5.39. The maximum Gasteiger partial charge on any atom is 0.257 e. The van der Waals surface area contributed by atoms with Crippen molar-refractivity contribution in [2.24, 2.45) is 4.99 Å². The molecule has 3 rings (SSSR count). The Morgan fingerprint density at radius 3 is 2.55 bits per heavy atom. The second-order valence-electron chi connectivity index (χ2n) is 7.41. The first-order valence-electron chi connectivity index (χ1n) is 10.7. The molecule has 0 saturated carbocycles. The van der Waals surface area contributed by atoms with E-state index in [2.05, 4.69) is 27.4 Å². The van der Waals surface area contributed by atoms with E-state index in [1.807, 2.05) is 24.3 Å². The molecule has 1 aliphatic rings. The largest absolute Gasteiger partial charge is 0.379 e. The van der Waals surface area contributed by atoms with Crippen LogP contribution in [0.25, 0.3) is 0 Å². The molecule has 1 fully saturated rings. The molecule has 1 heterocycles. The lowest BCUT2D eigenvalue weighted by atomic mass is 10.1. The van der Waals surface area contributed by atoms with E-state index in [4.69, 9.17) is 4.74 Å². The molecule has 0 spiro atoms. The molecule has 0 atom stereocenters. The summed E-state index contributed by atoms with van der Waals surface area (Å²) in [6.07, 6.45) is 0.860. The highest BCUT2D eigenvalue weighted by Gasteiger charge is 2.13. The van der Waals surface area contributed by atoms with Crippen LogP contribution in [0.15, 0.2) is 53.5 Å². The van der Waals surface area contributed by atoms with Crippen LogP contribution in [0.1, 0.15) is 40.1 Å². The van der Waals surface area contributed by atoms with E-state index < -0.39 is 0 Å². The van der Waals surface area contributed by atoms with Gasteiger partial charge in [-0.15, -0.1) is 0 Å². The SMILES string of the molecule is CCc1ccccc1NC(=NCCN1CCOCC1)NC(=O)c1cccc(C(C)=O)c1. The molecule has 7 nitrogen and oxygen atoms in total. The topological polar surface area (TPSA) is 83.0 Å². The van der Waals surface area contributed by atoms with E-state index in [1.165, 1.54) is 6.92 Å². The van der Waals surface area contributed by atoms with Crippen molar-refractivity contribution < 1.29 is 14.3 Å². The zero-order valence-electron chi connectivity index (χ0n) is 18.2. The van der Waals surface area contributed by atoms with E-state index in [0.29, 0.717) is 23.6 Å². The van der Waals surface area contributed by atoms with Gasteiger partial charge in [0.2, 0.25) is 5.96 Å². The van der Waals surface area contributed by atoms with Crippen molar-refractivity contribution in [1.29, 1.82) is 0 Å². The van der Waals surface area contributed by atoms with E-state index in [0.717, 1.165) is 50.5 Å². The number of nitrogens with one attached hydrogen (secondary N) is 2.